The number of carbonyl (C=O) groups excluding carboxylic acids is 1. The molecular weight excluding hydrogens is 358 g/mol. The van der Waals surface area contributed by atoms with Crippen LogP contribution in [0.25, 0.3) is 0 Å². The normalized spacial score (nSPS) is 10.2. The minimum absolute atomic E-state index is 0.377. The van der Waals surface area contributed by atoms with E-state index in [-0.39, 0.29) is 5.97 Å². The molecule has 0 saturated heterocycles. The van der Waals surface area contributed by atoms with E-state index in [0.717, 1.165) is 36.4 Å². The zero-order valence-corrected chi connectivity index (χ0v) is 17.2. The van der Waals surface area contributed by atoms with Gasteiger partial charge in [-0.3, -0.25) is 0 Å². The van der Waals surface area contributed by atoms with Crippen LogP contribution in [0.4, 0.5) is 17.1 Å². The van der Waals surface area contributed by atoms with Gasteiger partial charge < -0.3 is 20.3 Å². The second-order valence-corrected chi connectivity index (χ2v) is 6.85. The molecule has 0 amide bonds. The third kappa shape index (κ3) is 5.96. The number of methoxy groups -OCH3 is 1. The molecule has 5 nitrogen and oxygen atoms in total. The lowest BCUT2D eigenvalue weighted by molar-refractivity contribution is 0.0601. The largest absolute Gasteiger partial charge is 0.465 e. The minimum Gasteiger partial charge on any atom is -0.465 e. The molecule has 2 rings (SSSR count). The molecule has 0 heterocycles. The lowest BCUT2D eigenvalue weighted by atomic mass is 10.1. The summed E-state index contributed by atoms with van der Waals surface area (Å²) in [4.78, 5) is 14.1. The van der Waals surface area contributed by atoms with Crippen molar-refractivity contribution >= 4 is 40.4 Å². The lowest BCUT2D eigenvalue weighted by Gasteiger charge is -2.24. The molecule has 0 unspecified atom stereocenters. The number of nitrogens with zero attached hydrogens (tertiary/aromatic N) is 1. The third-order valence-corrected chi connectivity index (χ3v) is 4.44. The van der Waals surface area contributed by atoms with Gasteiger partial charge in [0.1, 0.15) is 0 Å². The molecule has 0 aliphatic heterocycles. The van der Waals surface area contributed by atoms with Crippen molar-refractivity contribution in [2.45, 2.75) is 26.7 Å². The predicted molar refractivity (Wildman–Crippen MR) is 117 cm³/mol. The molecule has 27 heavy (non-hydrogen) atoms. The first-order valence-corrected chi connectivity index (χ1v) is 9.43. The van der Waals surface area contributed by atoms with Gasteiger partial charge in [-0.1, -0.05) is 31.0 Å². The minimum atomic E-state index is -0.377. The zero-order valence-electron chi connectivity index (χ0n) is 16.3. The Hall–Kier alpha value is -2.60. The van der Waals surface area contributed by atoms with Crippen molar-refractivity contribution in [3.63, 3.8) is 0 Å². The molecule has 0 saturated carbocycles. The molecule has 2 N–H and O–H groups in total. The summed E-state index contributed by atoms with van der Waals surface area (Å²) in [6.07, 6.45) is 2.20. The highest BCUT2D eigenvalue weighted by atomic mass is 32.1. The van der Waals surface area contributed by atoms with Crippen LogP contribution in [0.1, 0.15) is 35.7 Å². The van der Waals surface area contributed by atoms with E-state index in [1.54, 1.807) is 12.1 Å². The number of nitrogens with one attached hydrogen (secondary N) is 2. The van der Waals surface area contributed by atoms with Crippen molar-refractivity contribution in [3.05, 3.63) is 53.6 Å². The Morgan fingerprint density at radius 2 is 1.85 bits per heavy atom. The molecule has 0 fully saturated rings. The molecule has 0 atom stereocenters. The standard InChI is InChI=1S/C21H27N3O2S/c1-5-6-13-24(3)19-12-9-16(20(25)26-4)14-18(19)23-21(27)22-17-10-7-15(2)8-11-17/h7-12,14H,5-6,13H2,1-4H3,(H2,22,23,27). The van der Waals surface area contributed by atoms with Crippen LogP contribution >= 0.6 is 12.2 Å². The molecule has 2 aromatic rings. The lowest BCUT2D eigenvalue weighted by Crippen LogP contribution is -2.24. The Kier molecular flexibility index (Phi) is 7.61. The first kappa shape index (κ1) is 20.7. The number of anilines is 3. The van der Waals surface area contributed by atoms with Gasteiger partial charge in [0.15, 0.2) is 5.11 Å². The number of unbranched alkanes of at least 4 members (excludes halogenated alkanes) is 1. The maximum absolute atomic E-state index is 11.9. The van der Waals surface area contributed by atoms with Gasteiger partial charge in [0.2, 0.25) is 0 Å². The van der Waals surface area contributed by atoms with Crippen molar-refractivity contribution in [1.29, 1.82) is 0 Å². The maximum atomic E-state index is 11.9. The SMILES string of the molecule is CCCCN(C)c1ccc(C(=O)OC)cc1NC(=S)Nc1ccc(C)cc1. The fourth-order valence-corrected chi connectivity index (χ4v) is 2.88. The summed E-state index contributed by atoms with van der Waals surface area (Å²) in [6.45, 7) is 5.12. The molecular formula is C21H27N3O2S. The van der Waals surface area contributed by atoms with Gasteiger partial charge in [-0.25, -0.2) is 4.79 Å². The monoisotopic (exact) mass is 385 g/mol. The molecule has 0 radical (unpaired) electrons. The summed E-state index contributed by atoms with van der Waals surface area (Å²) in [5, 5.41) is 6.86. The van der Waals surface area contributed by atoms with Gasteiger partial charge in [0.05, 0.1) is 24.0 Å². The second kappa shape index (κ2) is 9.92. The summed E-state index contributed by atoms with van der Waals surface area (Å²) in [5.41, 5.74) is 4.31. The quantitative estimate of drug-likeness (QED) is 0.526. The van der Waals surface area contributed by atoms with Crippen LogP contribution in [0.3, 0.4) is 0 Å². The molecule has 144 valence electrons. The van der Waals surface area contributed by atoms with E-state index in [1.807, 2.05) is 44.3 Å². The number of thiocarbonyl (C=S) groups is 1. The number of carbonyl (C=O) groups is 1. The Labute approximate surface area is 166 Å². The molecule has 0 aliphatic rings. The van der Waals surface area contributed by atoms with E-state index >= 15 is 0 Å². The first-order valence-electron chi connectivity index (χ1n) is 9.02. The summed E-state index contributed by atoms with van der Waals surface area (Å²) >= 11 is 5.46. The number of aryl methyl sites for hydroxylation is 1. The molecule has 6 heteroatoms. The number of rotatable bonds is 7. The highest BCUT2D eigenvalue weighted by Gasteiger charge is 2.14. The highest BCUT2D eigenvalue weighted by Crippen LogP contribution is 2.27. The van der Waals surface area contributed by atoms with Crippen molar-refractivity contribution in [1.82, 2.24) is 0 Å². The summed E-state index contributed by atoms with van der Waals surface area (Å²) in [6, 6.07) is 13.4. The van der Waals surface area contributed by atoms with Crippen molar-refractivity contribution in [3.8, 4) is 0 Å². The number of hydrogen-bond donors (Lipinski definition) is 2. The topological polar surface area (TPSA) is 53.6 Å². The van der Waals surface area contributed by atoms with Crippen LogP contribution in [0.5, 0.6) is 0 Å². The molecule has 0 aromatic heterocycles. The van der Waals surface area contributed by atoms with Gasteiger partial charge in [-0.05, 0) is 55.9 Å². The van der Waals surface area contributed by atoms with Crippen molar-refractivity contribution < 1.29 is 9.53 Å². The Morgan fingerprint density at radius 1 is 1.15 bits per heavy atom. The smallest absolute Gasteiger partial charge is 0.337 e. The van der Waals surface area contributed by atoms with E-state index in [2.05, 4.69) is 22.5 Å². The number of hydrogen-bond acceptors (Lipinski definition) is 4. The van der Waals surface area contributed by atoms with Crippen LogP contribution < -0.4 is 15.5 Å². The summed E-state index contributed by atoms with van der Waals surface area (Å²) in [7, 11) is 3.41. The zero-order chi connectivity index (χ0) is 19.8. The van der Waals surface area contributed by atoms with Crippen LogP contribution in [-0.4, -0.2) is 31.8 Å². The van der Waals surface area contributed by atoms with E-state index in [1.165, 1.54) is 12.7 Å². The van der Waals surface area contributed by atoms with Crippen LogP contribution in [0.15, 0.2) is 42.5 Å². The Balaban J connectivity index is 2.23. The average molecular weight is 386 g/mol. The molecule has 0 aliphatic carbocycles. The summed E-state index contributed by atoms with van der Waals surface area (Å²) in [5.74, 6) is -0.377. The molecule has 0 spiro atoms. The van der Waals surface area contributed by atoms with Crippen LogP contribution in [0.2, 0.25) is 0 Å². The first-order chi connectivity index (χ1) is 12.9. The summed E-state index contributed by atoms with van der Waals surface area (Å²) < 4.78 is 4.84. The van der Waals surface area contributed by atoms with Gasteiger partial charge in [-0.2, -0.15) is 0 Å². The van der Waals surface area contributed by atoms with Gasteiger partial charge >= 0.3 is 5.97 Å². The van der Waals surface area contributed by atoms with E-state index < -0.39 is 0 Å². The van der Waals surface area contributed by atoms with Crippen LogP contribution in [0, 0.1) is 6.92 Å². The Morgan fingerprint density at radius 3 is 2.48 bits per heavy atom. The third-order valence-electron chi connectivity index (χ3n) is 4.23. The van der Waals surface area contributed by atoms with Gasteiger partial charge in [-0.15, -0.1) is 0 Å². The average Bonchev–Trinajstić information content (AvgIpc) is 2.67. The highest BCUT2D eigenvalue weighted by molar-refractivity contribution is 7.80. The van der Waals surface area contributed by atoms with E-state index in [9.17, 15) is 4.79 Å². The maximum Gasteiger partial charge on any atom is 0.337 e. The second-order valence-electron chi connectivity index (χ2n) is 6.44. The Bertz CT molecular complexity index is 791. The molecule has 2 aromatic carbocycles. The van der Waals surface area contributed by atoms with Gasteiger partial charge in [0.25, 0.3) is 0 Å². The number of benzene rings is 2. The number of esters is 1. The van der Waals surface area contributed by atoms with Gasteiger partial charge in [0, 0.05) is 19.3 Å². The predicted octanol–water partition coefficient (Wildman–Crippen LogP) is 4.83. The van der Waals surface area contributed by atoms with E-state index in [4.69, 9.17) is 17.0 Å². The van der Waals surface area contributed by atoms with Crippen molar-refractivity contribution in [2.24, 2.45) is 0 Å². The number of ether oxygens (including phenoxy) is 1. The van der Waals surface area contributed by atoms with Crippen LogP contribution in [-0.2, 0) is 4.74 Å². The van der Waals surface area contributed by atoms with E-state index in [0.29, 0.717) is 10.7 Å². The van der Waals surface area contributed by atoms with Crippen molar-refractivity contribution in [2.75, 3.05) is 36.2 Å². The molecule has 0 bridgehead atoms. The fourth-order valence-electron chi connectivity index (χ4n) is 2.65. The fraction of sp³-hybridized carbons (Fsp3) is 0.333.